The van der Waals surface area contributed by atoms with Crippen LogP contribution in [0.2, 0.25) is 0 Å². The van der Waals surface area contributed by atoms with E-state index in [1.54, 1.807) is 0 Å². The van der Waals surface area contributed by atoms with E-state index >= 15 is 0 Å². The minimum absolute atomic E-state index is 0.676. The molecule has 1 amide bonds. The topological polar surface area (TPSA) is 23.6 Å². The lowest BCUT2D eigenvalue weighted by atomic mass is 10.0. The third kappa shape index (κ3) is 1.46. The molecule has 0 aromatic rings. The van der Waals surface area contributed by atoms with E-state index in [9.17, 15) is 4.79 Å². The van der Waals surface area contributed by atoms with Crippen LogP contribution in [-0.4, -0.2) is 48.4 Å². The summed E-state index contributed by atoms with van der Waals surface area (Å²) < 4.78 is 0. The van der Waals surface area contributed by atoms with Crippen molar-refractivity contribution in [1.29, 1.82) is 0 Å². The third-order valence-electron chi connectivity index (χ3n) is 2.95. The van der Waals surface area contributed by atoms with Crippen molar-refractivity contribution < 1.29 is 4.79 Å². The summed E-state index contributed by atoms with van der Waals surface area (Å²) in [5, 5.41) is 0. The molecular formula is C9H16N2O. The number of nitrogens with zero attached hydrogens (tertiary/aromatic N) is 2. The SMILES string of the molecule is O=CN1CC(N2CCCCC2)C1. The molecule has 0 bridgehead atoms. The highest BCUT2D eigenvalue weighted by Gasteiger charge is 2.30. The predicted molar refractivity (Wildman–Crippen MR) is 46.8 cm³/mol. The Labute approximate surface area is 73.3 Å². The molecule has 0 unspecified atom stereocenters. The Morgan fingerprint density at radius 2 is 1.75 bits per heavy atom. The fraction of sp³-hybridized carbons (Fsp3) is 0.889. The van der Waals surface area contributed by atoms with Gasteiger partial charge in [0, 0.05) is 19.1 Å². The van der Waals surface area contributed by atoms with E-state index in [1.165, 1.54) is 32.4 Å². The van der Waals surface area contributed by atoms with Gasteiger partial charge in [0.1, 0.15) is 0 Å². The van der Waals surface area contributed by atoms with E-state index in [1.807, 2.05) is 4.90 Å². The van der Waals surface area contributed by atoms with Crippen LogP contribution in [0.3, 0.4) is 0 Å². The predicted octanol–water partition coefficient (Wildman–Crippen LogP) is 0.313. The fourth-order valence-corrected chi connectivity index (χ4v) is 2.09. The molecule has 3 nitrogen and oxygen atoms in total. The van der Waals surface area contributed by atoms with Gasteiger partial charge >= 0.3 is 0 Å². The van der Waals surface area contributed by atoms with Gasteiger partial charge in [-0.1, -0.05) is 6.42 Å². The first-order valence-corrected chi connectivity index (χ1v) is 4.83. The van der Waals surface area contributed by atoms with Crippen molar-refractivity contribution in [2.45, 2.75) is 25.3 Å². The van der Waals surface area contributed by atoms with Gasteiger partial charge in [0.15, 0.2) is 0 Å². The lowest BCUT2D eigenvalue weighted by Crippen LogP contribution is -2.59. The highest BCUT2D eigenvalue weighted by atomic mass is 16.1. The molecule has 0 N–H and O–H groups in total. The minimum atomic E-state index is 0.676. The van der Waals surface area contributed by atoms with Gasteiger partial charge < -0.3 is 4.90 Å². The largest absolute Gasteiger partial charge is 0.342 e. The molecule has 68 valence electrons. The monoisotopic (exact) mass is 168 g/mol. The molecule has 0 saturated carbocycles. The molecule has 2 heterocycles. The van der Waals surface area contributed by atoms with Crippen molar-refractivity contribution in [3.63, 3.8) is 0 Å². The summed E-state index contributed by atoms with van der Waals surface area (Å²) in [6.45, 7) is 4.42. The average molecular weight is 168 g/mol. The quantitative estimate of drug-likeness (QED) is 0.554. The van der Waals surface area contributed by atoms with E-state index in [2.05, 4.69) is 4.90 Å². The number of carbonyl (C=O) groups excluding carboxylic acids is 1. The van der Waals surface area contributed by atoms with Gasteiger partial charge in [0.2, 0.25) is 6.41 Å². The summed E-state index contributed by atoms with van der Waals surface area (Å²) in [7, 11) is 0. The van der Waals surface area contributed by atoms with E-state index in [-0.39, 0.29) is 0 Å². The number of hydrogen-bond acceptors (Lipinski definition) is 2. The van der Waals surface area contributed by atoms with Gasteiger partial charge in [-0.05, 0) is 25.9 Å². The molecule has 2 rings (SSSR count). The normalized spacial score (nSPS) is 26.8. The van der Waals surface area contributed by atoms with Crippen molar-refractivity contribution in [2.24, 2.45) is 0 Å². The number of hydrogen-bond donors (Lipinski definition) is 0. The van der Waals surface area contributed by atoms with E-state index in [0.717, 1.165) is 19.5 Å². The zero-order valence-corrected chi connectivity index (χ0v) is 7.41. The second kappa shape index (κ2) is 3.44. The van der Waals surface area contributed by atoms with Gasteiger partial charge in [-0.3, -0.25) is 9.69 Å². The first-order valence-electron chi connectivity index (χ1n) is 4.83. The van der Waals surface area contributed by atoms with Crippen molar-refractivity contribution >= 4 is 6.41 Å². The average Bonchev–Trinajstić information content (AvgIpc) is 2.04. The lowest BCUT2D eigenvalue weighted by Gasteiger charge is -2.45. The molecule has 2 fully saturated rings. The summed E-state index contributed by atoms with van der Waals surface area (Å²) in [5.74, 6) is 0. The smallest absolute Gasteiger partial charge is 0.209 e. The number of piperidine rings is 1. The summed E-state index contributed by atoms with van der Waals surface area (Å²) >= 11 is 0. The number of amides is 1. The Balaban J connectivity index is 1.75. The maximum atomic E-state index is 10.3. The molecule has 2 aliphatic rings. The van der Waals surface area contributed by atoms with Gasteiger partial charge in [0.25, 0.3) is 0 Å². The van der Waals surface area contributed by atoms with Crippen LogP contribution >= 0.6 is 0 Å². The number of carbonyl (C=O) groups is 1. The van der Waals surface area contributed by atoms with Crippen LogP contribution in [0.5, 0.6) is 0 Å². The Morgan fingerprint density at radius 1 is 1.08 bits per heavy atom. The Kier molecular flexibility index (Phi) is 2.30. The first-order chi connectivity index (χ1) is 5.90. The van der Waals surface area contributed by atoms with E-state index in [0.29, 0.717) is 6.04 Å². The molecule has 0 aliphatic carbocycles. The summed E-state index contributed by atoms with van der Waals surface area (Å²) in [6.07, 6.45) is 5.04. The molecule has 0 spiro atoms. The second-order valence-electron chi connectivity index (χ2n) is 3.81. The van der Waals surface area contributed by atoms with Crippen molar-refractivity contribution in [3.05, 3.63) is 0 Å². The molecule has 0 atom stereocenters. The highest BCUT2D eigenvalue weighted by molar-refractivity contribution is 5.49. The van der Waals surface area contributed by atoms with Crippen LogP contribution in [0.4, 0.5) is 0 Å². The van der Waals surface area contributed by atoms with Gasteiger partial charge in [-0.15, -0.1) is 0 Å². The van der Waals surface area contributed by atoms with Gasteiger partial charge in [0.05, 0.1) is 0 Å². The maximum Gasteiger partial charge on any atom is 0.209 e. The first kappa shape index (κ1) is 8.05. The van der Waals surface area contributed by atoms with Crippen LogP contribution in [0.1, 0.15) is 19.3 Å². The Bertz CT molecular complexity index is 160. The van der Waals surface area contributed by atoms with Crippen molar-refractivity contribution in [1.82, 2.24) is 9.80 Å². The molecule has 0 radical (unpaired) electrons. The third-order valence-corrected chi connectivity index (χ3v) is 2.95. The summed E-state index contributed by atoms with van der Waals surface area (Å²) in [6, 6.07) is 0.676. The molecule has 3 heteroatoms. The number of rotatable bonds is 2. The van der Waals surface area contributed by atoms with Crippen LogP contribution in [0.15, 0.2) is 0 Å². The van der Waals surface area contributed by atoms with Crippen molar-refractivity contribution in [2.75, 3.05) is 26.2 Å². The Morgan fingerprint density at radius 3 is 2.33 bits per heavy atom. The fourth-order valence-electron chi connectivity index (χ4n) is 2.09. The standard InChI is InChI=1S/C9H16N2O/c12-8-10-6-9(7-10)11-4-2-1-3-5-11/h8-9H,1-7H2. The lowest BCUT2D eigenvalue weighted by molar-refractivity contribution is -0.125. The Hall–Kier alpha value is -0.570. The number of likely N-dealkylation sites (tertiary alicyclic amines) is 2. The maximum absolute atomic E-state index is 10.3. The molecule has 2 aliphatic heterocycles. The van der Waals surface area contributed by atoms with Gasteiger partial charge in [-0.25, -0.2) is 0 Å². The van der Waals surface area contributed by atoms with Gasteiger partial charge in [-0.2, -0.15) is 0 Å². The second-order valence-corrected chi connectivity index (χ2v) is 3.81. The molecule has 0 aromatic heterocycles. The highest BCUT2D eigenvalue weighted by Crippen LogP contribution is 2.18. The van der Waals surface area contributed by atoms with E-state index in [4.69, 9.17) is 0 Å². The zero-order chi connectivity index (χ0) is 8.39. The summed E-state index contributed by atoms with van der Waals surface area (Å²) in [4.78, 5) is 14.7. The molecule has 12 heavy (non-hydrogen) atoms. The molecule has 0 aromatic carbocycles. The summed E-state index contributed by atoms with van der Waals surface area (Å²) in [5.41, 5.74) is 0. The van der Waals surface area contributed by atoms with E-state index < -0.39 is 0 Å². The molecular weight excluding hydrogens is 152 g/mol. The molecule has 2 saturated heterocycles. The van der Waals surface area contributed by atoms with Crippen LogP contribution in [-0.2, 0) is 4.79 Å². The van der Waals surface area contributed by atoms with Crippen LogP contribution < -0.4 is 0 Å². The van der Waals surface area contributed by atoms with Crippen molar-refractivity contribution in [3.8, 4) is 0 Å². The van der Waals surface area contributed by atoms with Crippen LogP contribution in [0, 0.1) is 0 Å². The minimum Gasteiger partial charge on any atom is -0.342 e. The van der Waals surface area contributed by atoms with Crippen LogP contribution in [0.25, 0.3) is 0 Å². The zero-order valence-electron chi connectivity index (χ0n) is 7.41.